The number of fused-ring (bicyclic) bond motifs is 1. The van der Waals surface area contributed by atoms with Gasteiger partial charge in [0.2, 0.25) is 11.8 Å². The molecule has 0 aliphatic carbocycles. The molecule has 184 valence electrons. The smallest absolute Gasteiger partial charge is 0.228 e. The Hall–Kier alpha value is -2.97. The second kappa shape index (κ2) is 9.95. The molecule has 0 amide bonds. The predicted molar refractivity (Wildman–Crippen MR) is 137 cm³/mol. The zero-order valence-electron chi connectivity index (χ0n) is 20.1. The molecule has 0 atom stereocenters. The van der Waals surface area contributed by atoms with Gasteiger partial charge < -0.3 is 25.0 Å². The molecule has 8 nitrogen and oxygen atoms in total. The highest BCUT2D eigenvalue weighted by Gasteiger charge is 2.32. The quantitative estimate of drug-likeness (QED) is 0.564. The van der Waals surface area contributed by atoms with Gasteiger partial charge in [0.15, 0.2) is 0 Å². The van der Waals surface area contributed by atoms with E-state index in [9.17, 15) is 5.11 Å². The third-order valence-corrected chi connectivity index (χ3v) is 7.74. The Bertz CT molecular complexity index is 1150. The van der Waals surface area contributed by atoms with E-state index in [4.69, 9.17) is 19.7 Å². The van der Waals surface area contributed by atoms with E-state index in [1.54, 1.807) is 0 Å². The van der Waals surface area contributed by atoms with Gasteiger partial charge in [-0.25, -0.2) is 9.97 Å². The summed E-state index contributed by atoms with van der Waals surface area (Å²) in [4.78, 5) is 19.1. The molecule has 3 fully saturated rings. The molecule has 3 aliphatic rings. The summed E-state index contributed by atoms with van der Waals surface area (Å²) >= 11 is 0. The normalized spacial score (nSPS) is 20.3. The van der Waals surface area contributed by atoms with Gasteiger partial charge in [-0.15, -0.1) is 0 Å². The van der Waals surface area contributed by atoms with Crippen molar-refractivity contribution in [1.82, 2.24) is 20.3 Å². The fraction of sp³-hybridized carbons (Fsp3) is 0.519. The van der Waals surface area contributed by atoms with Crippen molar-refractivity contribution in [2.45, 2.75) is 37.7 Å². The highest BCUT2D eigenvalue weighted by atomic mass is 16.5. The predicted octanol–water partition coefficient (Wildman–Crippen LogP) is 2.97. The molecule has 35 heavy (non-hydrogen) atoms. The van der Waals surface area contributed by atoms with Crippen molar-refractivity contribution < 1.29 is 9.84 Å². The van der Waals surface area contributed by atoms with Crippen molar-refractivity contribution in [2.24, 2.45) is 5.92 Å². The Morgan fingerprint density at radius 2 is 1.74 bits per heavy atom. The number of rotatable bonds is 6. The first-order chi connectivity index (χ1) is 17.3. The largest absolute Gasteiger partial charge is 0.470 e. The number of aromatic nitrogens is 3. The van der Waals surface area contributed by atoms with Gasteiger partial charge in [0.05, 0.1) is 18.6 Å². The lowest BCUT2D eigenvalue weighted by atomic mass is 9.92. The van der Waals surface area contributed by atoms with Crippen molar-refractivity contribution in [3.8, 4) is 5.88 Å². The van der Waals surface area contributed by atoms with Gasteiger partial charge in [-0.2, -0.15) is 4.98 Å². The van der Waals surface area contributed by atoms with Crippen LogP contribution in [0.5, 0.6) is 5.88 Å². The van der Waals surface area contributed by atoms with Crippen LogP contribution in [0.1, 0.15) is 37.2 Å². The van der Waals surface area contributed by atoms with Gasteiger partial charge >= 0.3 is 0 Å². The monoisotopic (exact) mass is 474 g/mol. The number of nitrogens with zero attached hydrogens (tertiary/aromatic N) is 5. The summed E-state index contributed by atoms with van der Waals surface area (Å²) in [5.74, 6) is 3.32. The number of benzene rings is 1. The summed E-state index contributed by atoms with van der Waals surface area (Å²) in [6.07, 6.45) is 6.21. The summed E-state index contributed by atoms with van der Waals surface area (Å²) in [5.41, 5.74) is 2.16. The molecule has 6 rings (SSSR count). The fourth-order valence-corrected chi connectivity index (χ4v) is 5.43. The lowest BCUT2D eigenvalue weighted by molar-refractivity contribution is 0.156. The van der Waals surface area contributed by atoms with Crippen molar-refractivity contribution in [1.29, 1.82) is 0 Å². The van der Waals surface area contributed by atoms with Gasteiger partial charge in [0.1, 0.15) is 11.9 Å². The van der Waals surface area contributed by atoms with E-state index in [-0.39, 0.29) is 12.7 Å². The molecule has 3 saturated heterocycles. The SMILES string of the molecule is OCC1CCN(c2ncc(C3CCNCC3)c(OC3CN(c4ccc5ccccc5n4)C3)n2)CC1. The van der Waals surface area contributed by atoms with Crippen LogP contribution in [0.3, 0.4) is 0 Å². The highest BCUT2D eigenvalue weighted by Crippen LogP contribution is 2.34. The van der Waals surface area contributed by atoms with Crippen LogP contribution in [0.25, 0.3) is 10.9 Å². The van der Waals surface area contributed by atoms with E-state index in [0.717, 1.165) is 99.1 Å². The average Bonchev–Trinajstić information content (AvgIpc) is 2.90. The summed E-state index contributed by atoms with van der Waals surface area (Å²) in [6.45, 7) is 5.67. The van der Waals surface area contributed by atoms with Crippen LogP contribution >= 0.6 is 0 Å². The summed E-state index contributed by atoms with van der Waals surface area (Å²) in [6, 6.07) is 12.5. The number of ether oxygens (including phenoxy) is 1. The second-order valence-electron chi connectivity index (χ2n) is 10.1. The number of aliphatic hydroxyl groups is 1. The molecule has 0 radical (unpaired) electrons. The maximum absolute atomic E-state index is 9.48. The second-order valence-corrected chi connectivity index (χ2v) is 10.1. The molecule has 2 N–H and O–H groups in total. The van der Waals surface area contributed by atoms with Gasteiger partial charge in [0, 0.05) is 36.8 Å². The molecule has 3 aliphatic heterocycles. The van der Waals surface area contributed by atoms with Gasteiger partial charge in [0.25, 0.3) is 0 Å². The molecular formula is C27H34N6O2. The molecule has 1 aromatic carbocycles. The van der Waals surface area contributed by atoms with Gasteiger partial charge in [-0.1, -0.05) is 18.2 Å². The average molecular weight is 475 g/mol. The molecule has 3 aromatic rings. The molecule has 5 heterocycles. The Morgan fingerprint density at radius 3 is 2.54 bits per heavy atom. The maximum Gasteiger partial charge on any atom is 0.228 e. The third kappa shape index (κ3) is 4.77. The van der Waals surface area contributed by atoms with E-state index in [1.165, 1.54) is 0 Å². The number of nitrogens with one attached hydrogen (secondary N) is 1. The molecule has 2 aromatic heterocycles. The maximum atomic E-state index is 9.48. The molecule has 8 heteroatoms. The topological polar surface area (TPSA) is 86.6 Å². The zero-order valence-corrected chi connectivity index (χ0v) is 20.1. The van der Waals surface area contributed by atoms with E-state index in [1.807, 2.05) is 18.3 Å². The number of para-hydroxylation sites is 1. The van der Waals surface area contributed by atoms with E-state index < -0.39 is 0 Å². The van der Waals surface area contributed by atoms with Crippen LogP contribution in [0.2, 0.25) is 0 Å². The van der Waals surface area contributed by atoms with E-state index >= 15 is 0 Å². The number of aliphatic hydroxyl groups excluding tert-OH is 1. The van der Waals surface area contributed by atoms with Crippen LogP contribution in [-0.4, -0.2) is 72.0 Å². The number of pyridine rings is 1. The highest BCUT2D eigenvalue weighted by molar-refractivity contribution is 5.80. The molecule has 0 spiro atoms. The summed E-state index contributed by atoms with van der Waals surface area (Å²) in [7, 11) is 0. The lowest BCUT2D eigenvalue weighted by Gasteiger charge is -2.40. The van der Waals surface area contributed by atoms with Crippen LogP contribution in [0, 0.1) is 5.92 Å². The molecule has 0 bridgehead atoms. The van der Waals surface area contributed by atoms with Crippen molar-refractivity contribution in [3.05, 3.63) is 48.2 Å². The van der Waals surface area contributed by atoms with Crippen molar-refractivity contribution in [2.75, 3.05) is 55.7 Å². The number of piperidine rings is 2. The number of hydrogen-bond acceptors (Lipinski definition) is 8. The van der Waals surface area contributed by atoms with Gasteiger partial charge in [-0.05, 0) is 68.8 Å². The molecular weight excluding hydrogens is 440 g/mol. The summed E-state index contributed by atoms with van der Waals surface area (Å²) in [5, 5.41) is 14.1. The van der Waals surface area contributed by atoms with E-state index in [0.29, 0.717) is 11.8 Å². The summed E-state index contributed by atoms with van der Waals surface area (Å²) < 4.78 is 6.54. The third-order valence-electron chi connectivity index (χ3n) is 7.74. The Balaban J connectivity index is 1.18. The first-order valence-corrected chi connectivity index (χ1v) is 13.0. The molecule has 0 unspecified atom stereocenters. The number of hydrogen-bond donors (Lipinski definition) is 2. The Morgan fingerprint density at radius 1 is 0.943 bits per heavy atom. The first kappa shape index (κ1) is 22.5. The molecule has 0 saturated carbocycles. The van der Waals surface area contributed by atoms with Crippen molar-refractivity contribution >= 4 is 22.7 Å². The Labute approximate surface area is 206 Å². The zero-order chi connectivity index (χ0) is 23.6. The van der Waals surface area contributed by atoms with Crippen LogP contribution in [0.4, 0.5) is 11.8 Å². The Kier molecular flexibility index (Phi) is 6.39. The fourth-order valence-electron chi connectivity index (χ4n) is 5.43. The lowest BCUT2D eigenvalue weighted by Crippen LogP contribution is -2.54. The minimum Gasteiger partial charge on any atom is -0.470 e. The van der Waals surface area contributed by atoms with Crippen molar-refractivity contribution in [3.63, 3.8) is 0 Å². The van der Waals surface area contributed by atoms with E-state index in [2.05, 4.69) is 39.4 Å². The first-order valence-electron chi connectivity index (χ1n) is 13.0. The minimum atomic E-state index is 0.0895. The van der Waals surface area contributed by atoms with Crippen LogP contribution in [0.15, 0.2) is 42.6 Å². The van der Waals surface area contributed by atoms with Gasteiger partial charge in [-0.3, -0.25) is 0 Å². The number of anilines is 2. The van der Waals surface area contributed by atoms with Crippen LogP contribution in [-0.2, 0) is 0 Å². The standard InChI is InChI=1S/C27H34N6O2/c34-18-19-9-13-32(14-10-19)27-29-15-23(20-7-11-28-12-8-20)26(31-27)35-22-16-33(17-22)25-6-5-21-3-1-2-4-24(21)30-25/h1-6,15,19-20,22,28,34H,7-14,16-18H2. The minimum absolute atomic E-state index is 0.0895. The van der Waals surface area contributed by atoms with Crippen LogP contribution < -0.4 is 19.9 Å².